The summed E-state index contributed by atoms with van der Waals surface area (Å²) in [4.78, 5) is 53.4. The largest absolute Gasteiger partial charge is 0.377 e. The van der Waals surface area contributed by atoms with E-state index in [1.807, 2.05) is 26.0 Å². The van der Waals surface area contributed by atoms with Crippen molar-refractivity contribution in [2.75, 3.05) is 29.6 Å². The lowest BCUT2D eigenvalue weighted by molar-refractivity contribution is 0.0794. The lowest BCUT2D eigenvalue weighted by atomic mass is 10.0. The van der Waals surface area contributed by atoms with E-state index in [2.05, 4.69) is 30.6 Å². The summed E-state index contributed by atoms with van der Waals surface area (Å²) >= 11 is 7.06. The Morgan fingerprint density at radius 2 is 1.93 bits per heavy atom. The van der Waals surface area contributed by atoms with Gasteiger partial charge in [-0.3, -0.25) is 23.9 Å². The fraction of sp³-hybridized carbons (Fsp3) is 0.357. The van der Waals surface area contributed by atoms with Crippen molar-refractivity contribution in [1.29, 1.82) is 0 Å². The summed E-state index contributed by atoms with van der Waals surface area (Å²) in [5, 5.41) is 4.11. The van der Waals surface area contributed by atoms with E-state index in [4.69, 9.17) is 20.9 Å². The number of carbonyl (C=O) groups is 1. The molecule has 3 N–H and O–H groups in total. The first kappa shape index (κ1) is 31.0. The van der Waals surface area contributed by atoms with Gasteiger partial charge in [-0.25, -0.2) is 19.7 Å². The molecule has 14 heteroatoms. The van der Waals surface area contributed by atoms with Gasteiger partial charge >= 0.3 is 0 Å². The van der Waals surface area contributed by atoms with E-state index >= 15 is 0 Å². The number of nitrogens with zero attached hydrogens (tertiary/aromatic N) is 5. The van der Waals surface area contributed by atoms with Crippen LogP contribution in [0.25, 0.3) is 10.9 Å². The van der Waals surface area contributed by atoms with Gasteiger partial charge in [-0.05, 0) is 56.9 Å². The number of amides is 1. The van der Waals surface area contributed by atoms with Gasteiger partial charge in [0.15, 0.2) is 5.69 Å². The molecule has 1 aliphatic heterocycles. The molecule has 0 bridgehead atoms. The number of hydrogen-bond acceptors (Lipinski definition) is 10. The summed E-state index contributed by atoms with van der Waals surface area (Å²) in [5.74, 6) is 0.159. The Morgan fingerprint density at radius 1 is 1.17 bits per heavy atom. The van der Waals surface area contributed by atoms with Crippen LogP contribution in [0.4, 0.5) is 11.6 Å². The van der Waals surface area contributed by atoms with E-state index in [1.54, 1.807) is 30.0 Å². The summed E-state index contributed by atoms with van der Waals surface area (Å²) in [6, 6.07) is 6.92. The second-order valence-electron chi connectivity index (χ2n) is 9.75. The number of aryl methyl sites for hydroxylation is 1. The van der Waals surface area contributed by atoms with Crippen molar-refractivity contribution in [2.24, 2.45) is 7.05 Å². The number of halogens is 1. The van der Waals surface area contributed by atoms with E-state index in [-0.39, 0.29) is 28.0 Å². The molecule has 0 saturated carbocycles. The second kappa shape index (κ2) is 14.3. The predicted molar refractivity (Wildman–Crippen MR) is 166 cm³/mol. The molecule has 12 nitrogen and oxygen atoms in total. The number of piperidine rings is 1. The van der Waals surface area contributed by atoms with E-state index in [0.717, 1.165) is 49.1 Å². The SMILES string of the molecule is CSONC(=O)c1nc(Cl)ccc1NC(C)c1cc(C)cc2c(=O)n(C)c(N3CCCCC3)nc12.O=c1cncc[nH]1. The lowest BCUT2D eigenvalue weighted by Gasteiger charge is -2.29. The highest BCUT2D eigenvalue weighted by atomic mass is 35.5. The van der Waals surface area contributed by atoms with Gasteiger partial charge in [0, 0.05) is 56.4 Å². The minimum atomic E-state index is -0.523. The standard InChI is InChI=1S/C24H29ClN6O3S.C4H4N2O/c1-14-12-16(15(2)26-18-8-9-19(25)27-21(18)22(32)29-34-35-4)20-17(13-14)23(33)30(3)24(28-20)31-10-6-5-7-11-31;7-4-3-5-1-2-6-4/h8-9,12-13,15,26H,5-7,10-11H2,1-4H3,(H,29,32);1-3H,(H,6,7). The van der Waals surface area contributed by atoms with Crippen LogP contribution in [0.3, 0.4) is 0 Å². The molecule has 0 radical (unpaired) electrons. The van der Waals surface area contributed by atoms with Gasteiger partial charge in [-0.1, -0.05) is 17.7 Å². The zero-order chi connectivity index (χ0) is 30.2. The van der Waals surface area contributed by atoms with Gasteiger partial charge in [-0.15, -0.1) is 0 Å². The Bertz CT molecular complexity index is 1660. The average Bonchev–Trinajstić information content (AvgIpc) is 2.99. The Kier molecular flexibility index (Phi) is 10.6. The number of anilines is 2. The third kappa shape index (κ3) is 7.46. The van der Waals surface area contributed by atoms with Gasteiger partial charge in [-0.2, -0.15) is 0 Å². The van der Waals surface area contributed by atoms with Crippen molar-refractivity contribution in [3.63, 3.8) is 0 Å². The van der Waals surface area contributed by atoms with Crippen LogP contribution in [0.1, 0.15) is 53.8 Å². The fourth-order valence-corrected chi connectivity index (χ4v) is 5.03. The maximum atomic E-state index is 13.3. The molecule has 4 heterocycles. The molecule has 3 aromatic heterocycles. The first-order chi connectivity index (χ1) is 20.2. The van der Waals surface area contributed by atoms with Crippen LogP contribution in [0.15, 0.2) is 52.4 Å². The zero-order valence-corrected chi connectivity index (χ0v) is 25.4. The number of carbonyl (C=O) groups excluding carboxylic acids is 1. The zero-order valence-electron chi connectivity index (χ0n) is 23.8. The predicted octanol–water partition coefficient (Wildman–Crippen LogP) is 4.16. The number of nitrogens with one attached hydrogen (secondary N) is 3. The molecule has 1 aliphatic rings. The summed E-state index contributed by atoms with van der Waals surface area (Å²) in [7, 11) is 1.78. The van der Waals surface area contributed by atoms with Gasteiger partial charge in [0.1, 0.15) is 5.15 Å². The smallest absolute Gasteiger partial charge is 0.296 e. The number of H-pyrrole nitrogens is 1. The third-order valence-corrected chi connectivity index (χ3v) is 7.14. The molecule has 1 amide bonds. The summed E-state index contributed by atoms with van der Waals surface area (Å²) < 4.78 is 6.60. The van der Waals surface area contributed by atoms with E-state index in [9.17, 15) is 14.4 Å². The third-order valence-electron chi connectivity index (χ3n) is 6.68. The maximum absolute atomic E-state index is 13.3. The van der Waals surface area contributed by atoms with Crippen LogP contribution in [0.5, 0.6) is 0 Å². The van der Waals surface area contributed by atoms with Crippen molar-refractivity contribution < 1.29 is 9.08 Å². The van der Waals surface area contributed by atoms with E-state index in [0.29, 0.717) is 22.5 Å². The molecule has 42 heavy (non-hydrogen) atoms. The van der Waals surface area contributed by atoms with Crippen LogP contribution in [-0.2, 0) is 11.3 Å². The molecule has 0 spiro atoms. The molecule has 5 rings (SSSR count). The van der Waals surface area contributed by atoms with Crippen LogP contribution in [-0.4, -0.2) is 49.8 Å². The molecule has 1 fully saturated rings. The molecular formula is C28H33ClN8O4S. The molecular weight excluding hydrogens is 580 g/mol. The van der Waals surface area contributed by atoms with E-state index < -0.39 is 5.91 Å². The molecule has 1 saturated heterocycles. The topological polar surface area (TPSA) is 147 Å². The molecule has 1 atom stereocenters. The highest BCUT2D eigenvalue weighted by molar-refractivity contribution is 7.93. The number of rotatable bonds is 7. The number of hydrogen-bond donors (Lipinski definition) is 3. The average molecular weight is 613 g/mol. The van der Waals surface area contributed by atoms with Crippen molar-refractivity contribution in [2.45, 2.75) is 39.2 Å². The van der Waals surface area contributed by atoms with Crippen molar-refractivity contribution in [3.05, 3.63) is 85.5 Å². The molecule has 1 unspecified atom stereocenters. The minimum Gasteiger partial charge on any atom is -0.377 e. The second-order valence-corrected chi connectivity index (χ2v) is 10.6. The van der Waals surface area contributed by atoms with E-state index in [1.165, 1.54) is 25.0 Å². The fourth-order valence-electron chi connectivity index (χ4n) is 4.72. The van der Waals surface area contributed by atoms with Crippen LogP contribution in [0, 0.1) is 6.92 Å². The Morgan fingerprint density at radius 3 is 2.57 bits per heavy atom. The normalized spacial score (nSPS) is 13.7. The van der Waals surface area contributed by atoms with Crippen molar-refractivity contribution in [3.8, 4) is 0 Å². The first-order valence-electron chi connectivity index (χ1n) is 13.4. The molecule has 1 aromatic carbocycles. The quantitative estimate of drug-likeness (QED) is 0.158. The van der Waals surface area contributed by atoms with Gasteiger partial charge in [0.25, 0.3) is 17.0 Å². The number of aromatic amines is 1. The highest BCUT2D eigenvalue weighted by Gasteiger charge is 2.22. The number of hydroxylamine groups is 1. The summed E-state index contributed by atoms with van der Waals surface area (Å²) in [6.45, 7) is 5.68. The monoisotopic (exact) mass is 612 g/mol. The van der Waals surface area contributed by atoms with Crippen LogP contribution < -0.4 is 26.8 Å². The summed E-state index contributed by atoms with van der Waals surface area (Å²) in [5.41, 5.74) is 5.14. The number of pyridine rings is 1. The molecule has 4 aromatic rings. The first-order valence-corrected chi connectivity index (χ1v) is 14.9. The lowest BCUT2D eigenvalue weighted by Crippen LogP contribution is -2.35. The Balaban J connectivity index is 0.000000507. The number of fused-ring (bicyclic) bond motifs is 1. The summed E-state index contributed by atoms with van der Waals surface area (Å²) in [6.07, 6.45) is 9.27. The van der Waals surface area contributed by atoms with Gasteiger partial charge in [0.2, 0.25) is 5.95 Å². The van der Waals surface area contributed by atoms with Crippen molar-refractivity contribution >= 4 is 52.1 Å². The molecule has 222 valence electrons. The van der Waals surface area contributed by atoms with Gasteiger partial charge in [0.05, 0.1) is 28.8 Å². The van der Waals surface area contributed by atoms with Crippen LogP contribution >= 0.6 is 23.6 Å². The number of aromatic nitrogens is 5. The van der Waals surface area contributed by atoms with Crippen molar-refractivity contribution in [1.82, 2.24) is 30.0 Å². The number of benzene rings is 1. The highest BCUT2D eigenvalue weighted by Crippen LogP contribution is 2.29. The molecule has 0 aliphatic carbocycles. The van der Waals surface area contributed by atoms with Gasteiger partial charge < -0.3 is 15.2 Å². The Hall–Kier alpha value is -3.94. The maximum Gasteiger partial charge on any atom is 0.296 e. The van der Waals surface area contributed by atoms with Crippen LogP contribution in [0.2, 0.25) is 5.15 Å². The Labute approximate surface area is 252 Å². The minimum absolute atomic E-state index is 0.0739.